The normalized spacial score (nSPS) is 11.7. The van der Waals surface area contributed by atoms with Crippen LogP contribution < -0.4 is 9.73 Å². The number of sulfonamides is 1. The van der Waals surface area contributed by atoms with Gasteiger partial charge in [0, 0.05) is 11.1 Å². The molecule has 0 saturated carbocycles. The van der Waals surface area contributed by atoms with Gasteiger partial charge >= 0.3 is 0 Å². The fourth-order valence-electron chi connectivity index (χ4n) is 2.77. The van der Waals surface area contributed by atoms with E-state index in [1.54, 1.807) is 44.2 Å². The maximum atomic E-state index is 13.4. The van der Waals surface area contributed by atoms with Crippen LogP contribution in [0.5, 0.6) is 0 Å². The number of anilines is 1. The first-order valence-electron chi connectivity index (χ1n) is 9.51. The number of rotatable bonds is 7. The predicted octanol–water partition coefficient (Wildman–Crippen LogP) is 4.97. The highest BCUT2D eigenvalue weighted by Crippen LogP contribution is 2.28. The van der Waals surface area contributed by atoms with E-state index in [4.69, 9.17) is 16.0 Å². The van der Waals surface area contributed by atoms with Crippen LogP contribution in [0.2, 0.25) is 5.02 Å². The number of aryl methyl sites for hydroxylation is 3. The zero-order valence-corrected chi connectivity index (χ0v) is 20.8. The molecular formula is C22H21BrClN3O4S. The number of furan rings is 1. The molecule has 1 N–H and O–H groups in total. The van der Waals surface area contributed by atoms with E-state index in [2.05, 4.69) is 26.5 Å². The number of nitrogens with one attached hydrogen (secondary N) is 1. The van der Waals surface area contributed by atoms with Crippen LogP contribution in [0, 0.1) is 20.8 Å². The number of hydrogen-bond acceptors (Lipinski definition) is 5. The van der Waals surface area contributed by atoms with E-state index in [0.717, 1.165) is 19.9 Å². The van der Waals surface area contributed by atoms with E-state index in [1.807, 2.05) is 6.92 Å². The third kappa shape index (κ3) is 5.59. The van der Waals surface area contributed by atoms with Crippen molar-refractivity contribution >= 4 is 55.4 Å². The van der Waals surface area contributed by atoms with Gasteiger partial charge in [-0.15, -0.1) is 0 Å². The predicted molar refractivity (Wildman–Crippen MR) is 129 cm³/mol. The number of hydrogen-bond donors (Lipinski definition) is 1. The zero-order valence-electron chi connectivity index (χ0n) is 17.6. The SMILES string of the molecule is Cc1ccc(S(=O)(=O)N(CC(=O)N/N=C\c2cc(Br)c(C)o2)c2ccc(C)c(Cl)c2)cc1. The molecule has 1 heterocycles. The van der Waals surface area contributed by atoms with Crippen molar-refractivity contribution in [2.24, 2.45) is 5.10 Å². The maximum Gasteiger partial charge on any atom is 0.264 e. The summed E-state index contributed by atoms with van der Waals surface area (Å²) < 4.78 is 33.9. The highest BCUT2D eigenvalue weighted by molar-refractivity contribution is 9.10. The average molecular weight is 539 g/mol. The molecule has 168 valence electrons. The van der Waals surface area contributed by atoms with E-state index in [9.17, 15) is 13.2 Å². The van der Waals surface area contributed by atoms with Gasteiger partial charge in [-0.2, -0.15) is 5.10 Å². The molecule has 0 radical (unpaired) electrons. The topological polar surface area (TPSA) is 92.0 Å². The fraction of sp³-hybridized carbons (Fsp3) is 0.182. The minimum Gasteiger partial charge on any atom is -0.459 e. The summed E-state index contributed by atoms with van der Waals surface area (Å²) in [5.74, 6) is 0.476. The zero-order chi connectivity index (χ0) is 23.5. The van der Waals surface area contributed by atoms with E-state index in [0.29, 0.717) is 16.5 Å². The molecule has 0 unspecified atom stereocenters. The first-order chi connectivity index (χ1) is 15.1. The summed E-state index contributed by atoms with van der Waals surface area (Å²) >= 11 is 9.55. The summed E-state index contributed by atoms with van der Waals surface area (Å²) in [6, 6.07) is 12.9. The van der Waals surface area contributed by atoms with Crippen molar-refractivity contribution in [3.8, 4) is 0 Å². The molecule has 0 aliphatic rings. The number of hydrazone groups is 1. The Morgan fingerprint density at radius 3 is 2.44 bits per heavy atom. The van der Waals surface area contributed by atoms with Crippen molar-refractivity contribution in [2.75, 3.05) is 10.8 Å². The van der Waals surface area contributed by atoms with E-state index >= 15 is 0 Å². The molecule has 0 fully saturated rings. The van der Waals surface area contributed by atoms with Crippen LogP contribution in [0.4, 0.5) is 5.69 Å². The van der Waals surface area contributed by atoms with Crippen LogP contribution in [-0.4, -0.2) is 27.1 Å². The minimum atomic E-state index is -4.04. The summed E-state index contributed by atoms with van der Waals surface area (Å²) in [6.45, 7) is 4.95. The summed E-state index contributed by atoms with van der Waals surface area (Å²) in [5.41, 5.74) is 4.31. The summed E-state index contributed by atoms with van der Waals surface area (Å²) in [5, 5.41) is 4.25. The molecular weight excluding hydrogens is 518 g/mol. The molecule has 0 saturated heterocycles. The van der Waals surface area contributed by atoms with Gasteiger partial charge in [0.05, 0.1) is 21.3 Å². The average Bonchev–Trinajstić information content (AvgIpc) is 3.06. The van der Waals surface area contributed by atoms with Gasteiger partial charge in [-0.1, -0.05) is 35.4 Å². The molecule has 2 aromatic carbocycles. The van der Waals surface area contributed by atoms with E-state index in [1.165, 1.54) is 24.4 Å². The van der Waals surface area contributed by atoms with Crippen LogP contribution in [0.1, 0.15) is 22.6 Å². The van der Waals surface area contributed by atoms with Gasteiger partial charge < -0.3 is 4.42 Å². The summed E-state index contributed by atoms with van der Waals surface area (Å²) in [4.78, 5) is 12.6. The van der Waals surface area contributed by atoms with Crippen LogP contribution >= 0.6 is 27.5 Å². The largest absolute Gasteiger partial charge is 0.459 e. The van der Waals surface area contributed by atoms with Gasteiger partial charge in [0.2, 0.25) is 0 Å². The second kappa shape index (κ2) is 9.89. The molecule has 10 heteroatoms. The molecule has 7 nitrogen and oxygen atoms in total. The van der Waals surface area contributed by atoms with Crippen LogP contribution in [0.3, 0.4) is 0 Å². The molecule has 32 heavy (non-hydrogen) atoms. The Bertz CT molecular complexity index is 1250. The van der Waals surface area contributed by atoms with Crippen molar-refractivity contribution in [3.05, 3.63) is 80.7 Å². The monoisotopic (exact) mass is 537 g/mol. The highest BCUT2D eigenvalue weighted by atomic mass is 79.9. The second-order valence-corrected chi connectivity index (χ2v) is 10.2. The lowest BCUT2D eigenvalue weighted by molar-refractivity contribution is -0.119. The highest BCUT2D eigenvalue weighted by Gasteiger charge is 2.27. The molecule has 0 spiro atoms. The van der Waals surface area contributed by atoms with Crippen LogP contribution in [0.15, 0.2) is 67.4 Å². The number of amides is 1. The quantitative estimate of drug-likeness (QED) is 0.340. The van der Waals surface area contributed by atoms with Crippen molar-refractivity contribution in [2.45, 2.75) is 25.7 Å². The summed E-state index contributed by atoms with van der Waals surface area (Å²) in [7, 11) is -4.04. The molecule has 0 atom stereocenters. The van der Waals surface area contributed by atoms with Gasteiger partial charge in [-0.25, -0.2) is 13.8 Å². The van der Waals surface area contributed by atoms with Gasteiger partial charge in [0.15, 0.2) is 0 Å². The molecule has 0 aliphatic carbocycles. The number of carbonyl (C=O) groups is 1. The molecule has 3 rings (SSSR count). The van der Waals surface area contributed by atoms with Gasteiger partial charge in [-0.05, 0) is 66.5 Å². The van der Waals surface area contributed by atoms with Gasteiger partial charge in [0.1, 0.15) is 18.1 Å². The van der Waals surface area contributed by atoms with E-state index < -0.39 is 22.5 Å². The first kappa shape index (κ1) is 24.0. The first-order valence-corrected chi connectivity index (χ1v) is 12.1. The smallest absolute Gasteiger partial charge is 0.264 e. The fourth-order valence-corrected chi connectivity index (χ4v) is 4.66. The lowest BCUT2D eigenvalue weighted by Gasteiger charge is -2.24. The Hall–Kier alpha value is -2.62. The Morgan fingerprint density at radius 1 is 1.16 bits per heavy atom. The van der Waals surface area contributed by atoms with Crippen molar-refractivity contribution in [1.82, 2.24) is 5.43 Å². The molecule has 1 amide bonds. The van der Waals surface area contributed by atoms with Crippen LogP contribution in [-0.2, 0) is 14.8 Å². The molecule has 0 aliphatic heterocycles. The third-order valence-electron chi connectivity index (χ3n) is 4.60. The summed E-state index contributed by atoms with van der Waals surface area (Å²) in [6.07, 6.45) is 1.33. The van der Waals surface area contributed by atoms with Crippen molar-refractivity contribution < 1.29 is 17.6 Å². The number of halogens is 2. The van der Waals surface area contributed by atoms with Crippen molar-refractivity contribution in [3.63, 3.8) is 0 Å². The second-order valence-electron chi connectivity index (χ2n) is 7.10. The van der Waals surface area contributed by atoms with Gasteiger partial charge in [-0.3, -0.25) is 9.10 Å². The Kier molecular flexibility index (Phi) is 7.43. The van der Waals surface area contributed by atoms with Crippen molar-refractivity contribution in [1.29, 1.82) is 0 Å². The lowest BCUT2D eigenvalue weighted by Crippen LogP contribution is -2.39. The number of carbonyl (C=O) groups excluding carboxylic acids is 1. The standard InChI is InChI=1S/C22H21BrClN3O4S/c1-14-4-8-19(9-5-14)32(29,30)27(17-7-6-15(2)21(24)10-17)13-22(28)26-25-12-18-11-20(23)16(3)31-18/h4-12H,13H2,1-3H3,(H,26,28)/b25-12-. The minimum absolute atomic E-state index is 0.0620. The molecule has 3 aromatic rings. The number of benzene rings is 2. The Labute approximate surface area is 200 Å². The van der Waals surface area contributed by atoms with Gasteiger partial charge in [0.25, 0.3) is 15.9 Å². The number of nitrogens with zero attached hydrogens (tertiary/aromatic N) is 2. The van der Waals surface area contributed by atoms with E-state index in [-0.39, 0.29) is 10.6 Å². The Morgan fingerprint density at radius 2 is 1.84 bits per heavy atom. The Balaban J connectivity index is 1.87. The maximum absolute atomic E-state index is 13.4. The molecule has 1 aromatic heterocycles. The molecule has 0 bridgehead atoms. The lowest BCUT2D eigenvalue weighted by atomic mass is 10.2. The van der Waals surface area contributed by atoms with Crippen LogP contribution in [0.25, 0.3) is 0 Å². The third-order valence-corrected chi connectivity index (χ3v) is 7.58.